The molecule has 6 nitrogen and oxygen atoms in total. The van der Waals surface area contributed by atoms with Crippen molar-refractivity contribution >= 4 is 11.7 Å². The number of piperidine rings is 1. The molecule has 184 valence electrons. The van der Waals surface area contributed by atoms with E-state index in [1.165, 1.54) is 23.9 Å². The number of methoxy groups -OCH3 is 2. The minimum Gasteiger partial charge on any atom is -0.495 e. The number of likely N-dealkylation sites (tertiary alicyclic amines) is 1. The monoisotopic (exact) mass is 465 g/mol. The SMILES string of the molecule is COC(=O)CC[C@@H]1CN(Cc2ccccc2C)CC[C@@H]1N1CCN(c2ccccc2OC)CC1. The number of piperazine rings is 1. The van der Waals surface area contributed by atoms with Crippen molar-refractivity contribution in [2.45, 2.75) is 38.8 Å². The van der Waals surface area contributed by atoms with Crippen LogP contribution in [-0.2, 0) is 16.1 Å². The van der Waals surface area contributed by atoms with Crippen LogP contribution in [0, 0.1) is 12.8 Å². The van der Waals surface area contributed by atoms with Gasteiger partial charge in [-0.2, -0.15) is 0 Å². The van der Waals surface area contributed by atoms with Gasteiger partial charge >= 0.3 is 5.97 Å². The highest BCUT2D eigenvalue weighted by atomic mass is 16.5. The van der Waals surface area contributed by atoms with E-state index in [1.54, 1.807) is 7.11 Å². The second-order valence-electron chi connectivity index (χ2n) is 9.59. The highest BCUT2D eigenvalue weighted by molar-refractivity contribution is 5.69. The summed E-state index contributed by atoms with van der Waals surface area (Å²) in [4.78, 5) is 19.6. The number of esters is 1. The van der Waals surface area contributed by atoms with Crippen molar-refractivity contribution in [3.05, 3.63) is 59.7 Å². The number of aryl methyl sites for hydroxylation is 1. The molecule has 4 rings (SSSR count). The average molecular weight is 466 g/mol. The van der Waals surface area contributed by atoms with E-state index in [1.807, 2.05) is 12.1 Å². The predicted octanol–water partition coefficient (Wildman–Crippen LogP) is 3.97. The zero-order chi connectivity index (χ0) is 23.9. The molecule has 0 saturated carbocycles. The molecule has 2 aromatic rings. The molecular formula is C28H39N3O3. The summed E-state index contributed by atoms with van der Waals surface area (Å²) in [7, 11) is 3.23. The van der Waals surface area contributed by atoms with Gasteiger partial charge in [-0.1, -0.05) is 36.4 Å². The number of hydrogen-bond donors (Lipinski definition) is 0. The molecular weight excluding hydrogens is 426 g/mol. The molecule has 2 aliphatic heterocycles. The maximum Gasteiger partial charge on any atom is 0.305 e. The van der Waals surface area contributed by atoms with Gasteiger partial charge < -0.3 is 14.4 Å². The number of nitrogens with zero attached hydrogens (tertiary/aromatic N) is 3. The normalized spacial score (nSPS) is 21.9. The Morgan fingerprint density at radius 2 is 1.71 bits per heavy atom. The summed E-state index contributed by atoms with van der Waals surface area (Å²) in [6, 6.07) is 17.5. The number of carbonyl (C=O) groups is 1. The highest BCUT2D eigenvalue weighted by Crippen LogP contribution is 2.32. The first-order valence-corrected chi connectivity index (χ1v) is 12.5. The molecule has 0 spiro atoms. The molecule has 0 aliphatic carbocycles. The lowest BCUT2D eigenvalue weighted by Gasteiger charge is -2.47. The minimum absolute atomic E-state index is 0.101. The van der Waals surface area contributed by atoms with E-state index in [0.29, 0.717) is 18.4 Å². The summed E-state index contributed by atoms with van der Waals surface area (Å²) in [5, 5.41) is 0. The van der Waals surface area contributed by atoms with Crippen LogP contribution in [0.2, 0.25) is 0 Å². The highest BCUT2D eigenvalue weighted by Gasteiger charge is 2.35. The van der Waals surface area contributed by atoms with Crippen LogP contribution in [0.5, 0.6) is 5.75 Å². The lowest BCUT2D eigenvalue weighted by atomic mass is 9.86. The lowest BCUT2D eigenvalue weighted by Crippen LogP contribution is -2.56. The van der Waals surface area contributed by atoms with Crippen LogP contribution in [-0.4, -0.2) is 75.3 Å². The smallest absolute Gasteiger partial charge is 0.305 e. The van der Waals surface area contributed by atoms with Crippen LogP contribution >= 0.6 is 0 Å². The molecule has 0 bridgehead atoms. The van der Waals surface area contributed by atoms with Crippen LogP contribution in [0.4, 0.5) is 5.69 Å². The van der Waals surface area contributed by atoms with Gasteiger partial charge in [-0.15, -0.1) is 0 Å². The first-order chi connectivity index (χ1) is 16.6. The van der Waals surface area contributed by atoms with Crippen LogP contribution < -0.4 is 9.64 Å². The third-order valence-electron chi connectivity index (χ3n) is 7.59. The summed E-state index contributed by atoms with van der Waals surface area (Å²) >= 11 is 0. The van der Waals surface area contributed by atoms with E-state index < -0.39 is 0 Å². The van der Waals surface area contributed by atoms with Crippen molar-refractivity contribution in [3.8, 4) is 5.75 Å². The maximum absolute atomic E-state index is 11.9. The Morgan fingerprint density at radius 1 is 0.971 bits per heavy atom. The molecule has 0 amide bonds. The van der Waals surface area contributed by atoms with E-state index in [0.717, 1.165) is 64.4 Å². The number of benzene rings is 2. The molecule has 0 radical (unpaired) electrons. The van der Waals surface area contributed by atoms with Gasteiger partial charge in [0, 0.05) is 51.7 Å². The third kappa shape index (κ3) is 5.91. The van der Waals surface area contributed by atoms with E-state index >= 15 is 0 Å². The predicted molar refractivity (Wildman–Crippen MR) is 136 cm³/mol. The number of anilines is 1. The molecule has 2 aromatic carbocycles. The van der Waals surface area contributed by atoms with Gasteiger partial charge in [-0.05, 0) is 55.5 Å². The fourth-order valence-corrected chi connectivity index (χ4v) is 5.62. The van der Waals surface area contributed by atoms with Crippen molar-refractivity contribution < 1.29 is 14.3 Å². The Kier molecular flexibility index (Phi) is 8.46. The quantitative estimate of drug-likeness (QED) is 0.550. The number of rotatable bonds is 8. The van der Waals surface area contributed by atoms with Gasteiger partial charge in [0.15, 0.2) is 0 Å². The molecule has 6 heteroatoms. The molecule has 2 atom stereocenters. The summed E-state index contributed by atoms with van der Waals surface area (Å²) in [6.07, 6.45) is 2.53. The largest absolute Gasteiger partial charge is 0.495 e. The van der Waals surface area contributed by atoms with Gasteiger partial charge in [-0.3, -0.25) is 14.6 Å². The average Bonchev–Trinajstić information content (AvgIpc) is 2.89. The first kappa shape index (κ1) is 24.6. The summed E-state index contributed by atoms with van der Waals surface area (Å²) in [6.45, 7) is 9.36. The van der Waals surface area contributed by atoms with Gasteiger partial charge in [0.1, 0.15) is 5.75 Å². The zero-order valence-electron chi connectivity index (χ0n) is 20.9. The fourth-order valence-electron chi connectivity index (χ4n) is 5.62. The third-order valence-corrected chi connectivity index (χ3v) is 7.59. The van der Waals surface area contributed by atoms with E-state index in [4.69, 9.17) is 9.47 Å². The van der Waals surface area contributed by atoms with Crippen molar-refractivity contribution in [1.82, 2.24) is 9.80 Å². The zero-order valence-corrected chi connectivity index (χ0v) is 20.9. The molecule has 2 saturated heterocycles. The fraction of sp³-hybridized carbons (Fsp3) is 0.536. The molecule has 2 fully saturated rings. The molecule has 2 heterocycles. The van der Waals surface area contributed by atoms with E-state index in [2.05, 4.69) is 58.0 Å². The molecule has 0 unspecified atom stereocenters. The van der Waals surface area contributed by atoms with Crippen molar-refractivity contribution in [2.24, 2.45) is 5.92 Å². The summed E-state index contributed by atoms with van der Waals surface area (Å²) in [5.41, 5.74) is 3.93. The van der Waals surface area contributed by atoms with E-state index in [-0.39, 0.29) is 5.97 Å². The lowest BCUT2D eigenvalue weighted by molar-refractivity contribution is -0.141. The minimum atomic E-state index is -0.101. The second kappa shape index (κ2) is 11.7. The van der Waals surface area contributed by atoms with Crippen molar-refractivity contribution in [3.63, 3.8) is 0 Å². The Bertz CT molecular complexity index is 942. The van der Waals surface area contributed by atoms with Crippen LogP contribution in [0.15, 0.2) is 48.5 Å². The van der Waals surface area contributed by atoms with Crippen molar-refractivity contribution in [2.75, 3.05) is 58.4 Å². The number of carbonyl (C=O) groups excluding carboxylic acids is 1. The summed E-state index contributed by atoms with van der Waals surface area (Å²) in [5.74, 6) is 1.31. The Labute approximate surface area is 204 Å². The standard InChI is InChI=1S/C28H39N3O3/c1-22-8-4-5-9-23(22)20-29-15-14-25(24(21-29)12-13-28(32)34-3)30-16-18-31(19-17-30)26-10-6-7-11-27(26)33-2/h4-11,24-25H,12-21H2,1-3H3/t24-,25+/m1/s1. The van der Waals surface area contributed by atoms with Crippen molar-refractivity contribution in [1.29, 1.82) is 0 Å². The Balaban J connectivity index is 1.40. The van der Waals surface area contributed by atoms with Crippen LogP contribution in [0.25, 0.3) is 0 Å². The van der Waals surface area contributed by atoms with Crippen LogP contribution in [0.1, 0.15) is 30.4 Å². The number of hydrogen-bond acceptors (Lipinski definition) is 6. The van der Waals surface area contributed by atoms with Gasteiger partial charge in [-0.25, -0.2) is 0 Å². The Hall–Kier alpha value is -2.57. The number of ether oxygens (including phenoxy) is 2. The Morgan fingerprint density at radius 3 is 2.44 bits per heavy atom. The number of para-hydroxylation sites is 2. The summed E-state index contributed by atoms with van der Waals surface area (Å²) < 4.78 is 10.5. The van der Waals surface area contributed by atoms with Crippen LogP contribution in [0.3, 0.4) is 0 Å². The molecule has 34 heavy (non-hydrogen) atoms. The van der Waals surface area contributed by atoms with E-state index in [9.17, 15) is 4.79 Å². The second-order valence-corrected chi connectivity index (χ2v) is 9.59. The molecule has 0 N–H and O–H groups in total. The first-order valence-electron chi connectivity index (χ1n) is 12.5. The maximum atomic E-state index is 11.9. The molecule has 2 aliphatic rings. The van der Waals surface area contributed by atoms with Gasteiger partial charge in [0.05, 0.1) is 19.9 Å². The molecule has 0 aromatic heterocycles. The van der Waals surface area contributed by atoms with Gasteiger partial charge in [0.25, 0.3) is 0 Å². The topological polar surface area (TPSA) is 45.2 Å². The van der Waals surface area contributed by atoms with Gasteiger partial charge in [0.2, 0.25) is 0 Å².